The van der Waals surface area contributed by atoms with Crippen molar-refractivity contribution in [3.63, 3.8) is 0 Å². The van der Waals surface area contributed by atoms with Crippen LogP contribution in [0.1, 0.15) is 23.2 Å². The molecule has 21 heavy (non-hydrogen) atoms. The summed E-state index contributed by atoms with van der Waals surface area (Å²) >= 11 is 0. The molecule has 0 fully saturated rings. The van der Waals surface area contributed by atoms with Gasteiger partial charge < -0.3 is 18.8 Å². The van der Waals surface area contributed by atoms with Crippen LogP contribution in [0.25, 0.3) is 0 Å². The first-order chi connectivity index (χ1) is 9.97. The van der Waals surface area contributed by atoms with Crippen LogP contribution in [0, 0.1) is 0 Å². The fraction of sp³-hybridized carbons (Fsp3) is 0.200. The Morgan fingerprint density at radius 2 is 2.19 bits per heavy atom. The number of hydrogen-bond acceptors (Lipinski definition) is 4. The van der Waals surface area contributed by atoms with Gasteiger partial charge in [0.05, 0.1) is 6.54 Å². The molecule has 0 amide bonds. The Kier molecular flexibility index (Phi) is 4.27. The molecule has 6 nitrogen and oxygen atoms in total. The maximum atomic E-state index is 12.2. The van der Waals surface area contributed by atoms with Crippen molar-refractivity contribution in [2.24, 2.45) is 0 Å². The van der Waals surface area contributed by atoms with E-state index in [9.17, 15) is 9.59 Å². The lowest BCUT2D eigenvalue weighted by atomic mass is 10.3. The van der Waals surface area contributed by atoms with Crippen LogP contribution in [0.3, 0.4) is 0 Å². The van der Waals surface area contributed by atoms with Crippen LogP contribution in [0.5, 0.6) is 5.75 Å². The second-order valence-corrected chi connectivity index (χ2v) is 4.62. The smallest absolute Gasteiger partial charge is 0.371 e. The van der Waals surface area contributed by atoms with Gasteiger partial charge in [0.1, 0.15) is 12.4 Å². The number of aromatic carboxylic acids is 1. The third-order valence-electron chi connectivity index (χ3n) is 2.66. The van der Waals surface area contributed by atoms with Crippen LogP contribution in [0.15, 0.2) is 51.8 Å². The maximum Gasteiger partial charge on any atom is 0.371 e. The van der Waals surface area contributed by atoms with Gasteiger partial charge in [-0.3, -0.25) is 4.79 Å². The summed E-state index contributed by atoms with van der Waals surface area (Å²) in [5.41, 5.74) is 0.494. The summed E-state index contributed by atoms with van der Waals surface area (Å²) in [5.74, 6) is -0.711. The molecule has 0 radical (unpaired) electrons. The molecule has 0 aromatic carbocycles. The second-order valence-electron chi connectivity index (χ2n) is 4.62. The Bertz CT molecular complexity index is 726. The van der Waals surface area contributed by atoms with Gasteiger partial charge >= 0.3 is 5.97 Å². The number of rotatable bonds is 6. The summed E-state index contributed by atoms with van der Waals surface area (Å²) in [6.45, 7) is 5.91. The van der Waals surface area contributed by atoms with Crippen LogP contribution in [0.2, 0.25) is 0 Å². The third kappa shape index (κ3) is 3.62. The number of furan rings is 1. The highest BCUT2D eigenvalue weighted by Crippen LogP contribution is 2.10. The van der Waals surface area contributed by atoms with Crippen molar-refractivity contribution in [1.82, 2.24) is 4.57 Å². The summed E-state index contributed by atoms with van der Waals surface area (Å²) in [5, 5.41) is 8.79. The van der Waals surface area contributed by atoms with Gasteiger partial charge in [0.2, 0.25) is 5.76 Å². The molecule has 0 atom stereocenters. The third-order valence-corrected chi connectivity index (χ3v) is 2.66. The zero-order valence-electron chi connectivity index (χ0n) is 11.5. The van der Waals surface area contributed by atoms with Gasteiger partial charge in [-0.1, -0.05) is 6.58 Å². The van der Waals surface area contributed by atoms with Crippen molar-refractivity contribution < 1.29 is 19.1 Å². The summed E-state index contributed by atoms with van der Waals surface area (Å²) in [7, 11) is 0. The monoisotopic (exact) mass is 289 g/mol. The lowest BCUT2D eigenvalue weighted by molar-refractivity contribution is 0.0660. The average Bonchev–Trinajstić information content (AvgIpc) is 2.88. The number of nitrogens with zero attached hydrogens (tertiary/aromatic N) is 1. The molecule has 0 aliphatic heterocycles. The molecule has 0 aliphatic rings. The van der Waals surface area contributed by atoms with Crippen molar-refractivity contribution in [2.75, 3.05) is 6.61 Å². The number of aromatic nitrogens is 1. The highest BCUT2D eigenvalue weighted by Gasteiger charge is 2.11. The molecule has 6 heteroatoms. The van der Waals surface area contributed by atoms with E-state index in [0.717, 1.165) is 5.57 Å². The Hall–Kier alpha value is -2.76. The van der Waals surface area contributed by atoms with Crippen LogP contribution >= 0.6 is 0 Å². The quantitative estimate of drug-likeness (QED) is 0.824. The van der Waals surface area contributed by atoms with Gasteiger partial charge in [0, 0.05) is 6.20 Å². The normalized spacial score (nSPS) is 10.3. The minimum absolute atomic E-state index is 0.135. The molecule has 0 spiro atoms. The van der Waals surface area contributed by atoms with E-state index in [-0.39, 0.29) is 30.2 Å². The lowest BCUT2D eigenvalue weighted by Crippen LogP contribution is -2.22. The molecule has 2 heterocycles. The minimum Gasteiger partial charge on any atom is -0.484 e. The molecule has 0 saturated carbocycles. The molecule has 2 aromatic rings. The summed E-state index contributed by atoms with van der Waals surface area (Å²) in [6.07, 6.45) is 1.58. The summed E-state index contributed by atoms with van der Waals surface area (Å²) in [6, 6.07) is 6.13. The zero-order chi connectivity index (χ0) is 15.4. The van der Waals surface area contributed by atoms with Gasteiger partial charge in [0.15, 0.2) is 5.75 Å². The van der Waals surface area contributed by atoms with Gasteiger partial charge in [-0.25, -0.2) is 4.79 Å². The van der Waals surface area contributed by atoms with Crippen molar-refractivity contribution in [2.45, 2.75) is 13.5 Å². The fourth-order valence-electron chi connectivity index (χ4n) is 1.70. The number of carboxylic acids is 1. The molecule has 2 aromatic heterocycles. The highest BCUT2D eigenvalue weighted by molar-refractivity contribution is 5.84. The number of carboxylic acid groups (broad SMARTS) is 1. The van der Waals surface area contributed by atoms with Gasteiger partial charge in [-0.2, -0.15) is 0 Å². The van der Waals surface area contributed by atoms with E-state index in [1.54, 1.807) is 25.3 Å². The first-order valence-electron chi connectivity index (χ1n) is 6.26. The fourth-order valence-corrected chi connectivity index (χ4v) is 1.70. The Morgan fingerprint density at radius 1 is 1.43 bits per heavy atom. The van der Waals surface area contributed by atoms with Gasteiger partial charge in [-0.15, -0.1) is 0 Å². The Balaban J connectivity index is 2.19. The summed E-state index contributed by atoms with van der Waals surface area (Å²) in [4.78, 5) is 22.9. The van der Waals surface area contributed by atoms with Crippen LogP contribution < -0.4 is 10.3 Å². The van der Waals surface area contributed by atoms with Crippen molar-refractivity contribution >= 4 is 5.97 Å². The standard InChI is InChI=1S/C15H15NO5/c1-10(2)9-20-12-4-3-7-16(14(12)17)8-11-5-6-13(21-11)15(18)19/h3-7H,1,8-9H2,2H3,(H,18,19). The Morgan fingerprint density at radius 3 is 2.81 bits per heavy atom. The zero-order valence-corrected chi connectivity index (χ0v) is 11.5. The van der Waals surface area contributed by atoms with E-state index in [2.05, 4.69) is 6.58 Å². The predicted octanol–water partition coefficient (Wildman–Crippen LogP) is 2.14. The minimum atomic E-state index is -1.15. The Labute approximate surface area is 120 Å². The molecule has 0 aliphatic carbocycles. The molecule has 0 saturated heterocycles. The van der Waals surface area contributed by atoms with E-state index < -0.39 is 5.97 Å². The van der Waals surface area contributed by atoms with Gasteiger partial charge in [-0.05, 0) is 36.8 Å². The molecular weight excluding hydrogens is 274 g/mol. The SMILES string of the molecule is C=C(C)COc1cccn(Cc2ccc(C(=O)O)o2)c1=O. The average molecular weight is 289 g/mol. The number of pyridine rings is 1. The van der Waals surface area contributed by atoms with E-state index in [4.69, 9.17) is 14.3 Å². The van der Waals surface area contributed by atoms with Crippen LogP contribution in [-0.2, 0) is 6.54 Å². The molecule has 0 unspecified atom stereocenters. The second kappa shape index (κ2) is 6.13. The van der Waals surface area contributed by atoms with Crippen LogP contribution in [-0.4, -0.2) is 22.2 Å². The molecule has 110 valence electrons. The van der Waals surface area contributed by atoms with E-state index in [1.165, 1.54) is 16.7 Å². The largest absolute Gasteiger partial charge is 0.484 e. The first kappa shape index (κ1) is 14.6. The van der Waals surface area contributed by atoms with E-state index in [1.807, 2.05) is 0 Å². The molecule has 1 N–H and O–H groups in total. The molecular formula is C15H15NO5. The predicted molar refractivity (Wildman–Crippen MR) is 75.8 cm³/mol. The van der Waals surface area contributed by atoms with E-state index >= 15 is 0 Å². The van der Waals surface area contributed by atoms with E-state index in [0.29, 0.717) is 5.76 Å². The first-order valence-corrected chi connectivity index (χ1v) is 6.26. The number of carbonyl (C=O) groups is 1. The maximum absolute atomic E-state index is 12.2. The van der Waals surface area contributed by atoms with Crippen molar-refractivity contribution in [3.05, 3.63) is 64.5 Å². The summed E-state index contributed by atoms with van der Waals surface area (Å²) < 4.78 is 11.9. The topological polar surface area (TPSA) is 81.7 Å². The van der Waals surface area contributed by atoms with Crippen molar-refractivity contribution in [1.29, 1.82) is 0 Å². The van der Waals surface area contributed by atoms with Gasteiger partial charge in [0.25, 0.3) is 5.56 Å². The van der Waals surface area contributed by atoms with Crippen molar-refractivity contribution in [3.8, 4) is 5.75 Å². The number of ether oxygens (including phenoxy) is 1. The molecule has 2 rings (SSSR count). The number of hydrogen-bond donors (Lipinski definition) is 1. The highest BCUT2D eigenvalue weighted by atomic mass is 16.5. The lowest BCUT2D eigenvalue weighted by Gasteiger charge is -2.08. The molecule has 0 bridgehead atoms. The van der Waals surface area contributed by atoms with Crippen LogP contribution in [0.4, 0.5) is 0 Å².